The van der Waals surface area contributed by atoms with Crippen LogP contribution in [0.4, 0.5) is 0 Å². The Balaban J connectivity index is 2.30. The van der Waals surface area contributed by atoms with Crippen molar-refractivity contribution >= 4 is 11.8 Å². The summed E-state index contributed by atoms with van der Waals surface area (Å²) in [5.41, 5.74) is 0. The fourth-order valence-corrected chi connectivity index (χ4v) is 3.00. The first kappa shape index (κ1) is 10.4. The van der Waals surface area contributed by atoms with Crippen molar-refractivity contribution in [3.63, 3.8) is 0 Å². The summed E-state index contributed by atoms with van der Waals surface area (Å²) in [7, 11) is 1.67. The maximum atomic E-state index is 5.58. The van der Waals surface area contributed by atoms with Gasteiger partial charge in [-0.25, -0.2) is 0 Å². The number of ether oxygens (including phenoxy) is 2. The van der Waals surface area contributed by atoms with E-state index in [1.807, 2.05) is 11.8 Å². The van der Waals surface area contributed by atoms with Crippen molar-refractivity contribution < 1.29 is 9.47 Å². The third kappa shape index (κ3) is 2.64. The van der Waals surface area contributed by atoms with Gasteiger partial charge in [0.05, 0.1) is 6.10 Å². The van der Waals surface area contributed by atoms with Gasteiger partial charge in [-0.2, -0.15) is 11.8 Å². The summed E-state index contributed by atoms with van der Waals surface area (Å²) in [5, 5.41) is 0.667. The molecule has 0 saturated carbocycles. The van der Waals surface area contributed by atoms with E-state index in [9.17, 15) is 0 Å². The van der Waals surface area contributed by atoms with Crippen LogP contribution in [-0.4, -0.2) is 31.0 Å². The van der Waals surface area contributed by atoms with Crippen LogP contribution in [0.15, 0.2) is 0 Å². The summed E-state index contributed by atoms with van der Waals surface area (Å²) in [5.74, 6) is 1.94. The first-order chi connectivity index (χ1) is 5.75. The van der Waals surface area contributed by atoms with Crippen molar-refractivity contribution in [2.45, 2.75) is 31.6 Å². The minimum Gasteiger partial charge on any atom is -0.359 e. The zero-order valence-electron chi connectivity index (χ0n) is 8.08. The van der Waals surface area contributed by atoms with Crippen molar-refractivity contribution in [3.8, 4) is 0 Å². The van der Waals surface area contributed by atoms with Gasteiger partial charge >= 0.3 is 0 Å². The fourth-order valence-electron chi connectivity index (χ4n) is 1.55. The van der Waals surface area contributed by atoms with E-state index in [0.29, 0.717) is 24.1 Å². The molecule has 0 amide bonds. The average molecular weight is 190 g/mol. The van der Waals surface area contributed by atoms with Crippen LogP contribution in [0.1, 0.15) is 20.3 Å². The van der Waals surface area contributed by atoms with Crippen LogP contribution >= 0.6 is 11.8 Å². The summed E-state index contributed by atoms with van der Waals surface area (Å²) in [6.45, 7) is 4.95. The lowest BCUT2D eigenvalue weighted by Crippen LogP contribution is -2.26. The second-order valence-electron chi connectivity index (χ2n) is 3.48. The van der Waals surface area contributed by atoms with Gasteiger partial charge in [-0.1, -0.05) is 13.8 Å². The highest BCUT2D eigenvalue weighted by Crippen LogP contribution is 2.33. The maximum absolute atomic E-state index is 5.58. The molecule has 1 aliphatic rings. The Hall–Kier alpha value is 0.270. The summed E-state index contributed by atoms with van der Waals surface area (Å²) in [4.78, 5) is 0. The smallest absolute Gasteiger partial charge is 0.146 e. The molecule has 0 aromatic rings. The molecular weight excluding hydrogens is 172 g/mol. The lowest BCUT2D eigenvalue weighted by atomic mass is 10.0. The molecule has 1 rings (SSSR count). The van der Waals surface area contributed by atoms with Crippen LogP contribution in [0, 0.1) is 5.92 Å². The molecule has 3 heteroatoms. The molecule has 0 spiro atoms. The van der Waals surface area contributed by atoms with Crippen molar-refractivity contribution in [3.05, 3.63) is 0 Å². The first-order valence-electron chi connectivity index (χ1n) is 4.48. The van der Waals surface area contributed by atoms with Crippen LogP contribution in [0.2, 0.25) is 0 Å². The molecule has 72 valence electrons. The Kier molecular flexibility index (Phi) is 4.40. The van der Waals surface area contributed by atoms with Crippen molar-refractivity contribution in [1.82, 2.24) is 0 Å². The van der Waals surface area contributed by atoms with Gasteiger partial charge in [-0.05, 0) is 18.1 Å². The molecule has 0 N–H and O–H groups in total. The van der Waals surface area contributed by atoms with Crippen molar-refractivity contribution in [2.24, 2.45) is 5.92 Å². The minimum absolute atomic E-state index is 0.412. The van der Waals surface area contributed by atoms with E-state index in [4.69, 9.17) is 9.47 Å². The lowest BCUT2D eigenvalue weighted by molar-refractivity contribution is -0.0730. The van der Waals surface area contributed by atoms with Crippen LogP contribution < -0.4 is 0 Å². The third-order valence-corrected chi connectivity index (χ3v) is 3.84. The molecule has 2 nitrogen and oxygen atoms in total. The second kappa shape index (κ2) is 5.10. The van der Waals surface area contributed by atoms with Crippen LogP contribution in [0.3, 0.4) is 0 Å². The average Bonchev–Trinajstić information content (AvgIpc) is 2.48. The molecule has 1 fully saturated rings. The highest BCUT2D eigenvalue weighted by molar-refractivity contribution is 8.00. The summed E-state index contributed by atoms with van der Waals surface area (Å²) in [6.07, 6.45) is 1.59. The summed E-state index contributed by atoms with van der Waals surface area (Å²) >= 11 is 2.03. The lowest BCUT2D eigenvalue weighted by Gasteiger charge is -2.21. The van der Waals surface area contributed by atoms with Gasteiger partial charge in [-0.3, -0.25) is 0 Å². The van der Waals surface area contributed by atoms with Gasteiger partial charge in [0.2, 0.25) is 0 Å². The highest BCUT2D eigenvalue weighted by atomic mass is 32.2. The molecule has 0 radical (unpaired) electrons. The van der Waals surface area contributed by atoms with E-state index in [2.05, 4.69) is 13.8 Å². The van der Waals surface area contributed by atoms with Gasteiger partial charge in [0.1, 0.15) is 6.79 Å². The molecule has 1 aliphatic heterocycles. The zero-order valence-corrected chi connectivity index (χ0v) is 8.89. The number of methoxy groups -OCH3 is 1. The molecule has 12 heavy (non-hydrogen) atoms. The minimum atomic E-state index is 0.412. The SMILES string of the molecule is COCO[C@H]1CCS[C@H]1C(C)C. The predicted octanol–water partition coefficient (Wildman–Crippen LogP) is 2.14. The zero-order chi connectivity index (χ0) is 8.97. The molecule has 0 aromatic carbocycles. The number of hydrogen-bond donors (Lipinski definition) is 0. The Morgan fingerprint density at radius 3 is 2.83 bits per heavy atom. The van der Waals surface area contributed by atoms with E-state index in [-0.39, 0.29) is 0 Å². The molecule has 1 heterocycles. The molecule has 0 aromatic heterocycles. The van der Waals surface area contributed by atoms with Gasteiger partial charge in [-0.15, -0.1) is 0 Å². The topological polar surface area (TPSA) is 18.5 Å². The molecule has 0 aliphatic carbocycles. The normalized spacial score (nSPS) is 30.0. The van der Waals surface area contributed by atoms with E-state index in [1.54, 1.807) is 7.11 Å². The number of thioether (sulfide) groups is 1. The molecule has 2 atom stereocenters. The third-order valence-electron chi connectivity index (χ3n) is 2.14. The standard InChI is InChI=1S/C9H18O2S/c1-7(2)9-8(4-5-12-9)11-6-10-3/h7-9H,4-6H2,1-3H3/t8-,9-/m0/s1. The van der Waals surface area contributed by atoms with E-state index in [1.165, 1.54) is 12.2 Å². The van der Waals surface area contributed by atoms with E-state index >= 15 is 0 Å². The summed E-state index contributed by atoms with van der Waals surface area (Å²) in [6, 6.07) is 0. The highest BCUT2D eigenvalue weighted by Gasteiger charge is 2.30. The Bertz CT molecular complexity index is 128. The predicted molar refractivity (Wildman–Crippen MR) is 52.5 cm³/mol. The molecular formula is C9H18O2S. The second-order valence-corrected chi connectivity index (χ2v) is 4.77. The van der Waals surface area contributed by atoms with Gasteiger partial charge < -0.3 is 9.47 Å². The first-order valence-corrected chi connectivity index (χ1v) is 5.52. The number of rotatable bonds is 4. The van der Waals surface area contributed by atoms with Crippen LogP contribution in [0.25, 0.3) is 0 Å². The monoisotopic (exact) mass is 190 g/mol. The van der Waals surface area contributed by atoms with E-state index in [0.717, 1.165) is 0 Å². The van der Waals surface area contributed by atoms with Crippen molar-refractivity contribution in [2.75, 3.05) is 19.7 Å². The molecule has 0 unspecified atom stereocenters. The largest absolute Gasteiger partial charge is 0.359 e. The Labute approximate surface area is 79.0 Å². The quantitative estimate of drug-likeness (QED) is 0.633. The van der Waals surface area contributed by atoms with Crippen molar-refractivity contribution in [1.29, 1.82) is 0 Å². The van der Waals surface area contributed by atoms with Crippen LogP contribution in [0.5, 0.6) is 0 Å². The summed E-state index contributed by atoms with van der Waals surface area (Å²) < 4.78 is 10.5. The number of hydrogen-bond acceptors (Lipinski definition) is 3. The molecule has 1 saturated heterocycles. The van der Waals surface area contributed by atoms with Gasteiger partial charge in [0.25, 0.3) is 0 Å². The van der Waals surface area contributed by atoms with E-state index < -0.39 is 0 Å². The molecule has 0 bridgehead atoms. The van der Waals surface area contributed by atoms with Gasteiger partial charge in [0.15, 0.2) is 0 Å². The maximum Gasteiger partial charge on any atom is 0.146 e. The fraction of sp³-hybridized carbons (Fsp3) is 1.00. The van der Waals surface area contributed by atoms with Crippen LogP contribution in [-0.2, 0) is 9.47 Å². The Morgan fingerprint density at radius 1 is 1.50 bits per heavy atom. The Morgan fingerprint density at radius 2 is 2.25 bits per heavy atom. The van der Waals surface area contributed by atoms with Gasteiger partial charge in [0, 0.05) is 12.4 Å².